The minimum absolute atomic E-state index is 0.288. The van der Waals surface area contributed by atoms with Crippen LogP contribution in [0.15, 0.2) is 29.6 Å². The second kappa shape index (κ2) is 6.54. The Bertz CT molecular complexity index is 676. The van der Waals surface area contributed by atoms with Crippen molar-refractivity contribution in [1.29, 1.82) is 0 Å². The number of benzene rings is 1. The van der Waals surface area contributed by atoms with Crippen molar-refractivity contribution >= 4 is 28.9 Å². The van der Waals surface area contributed by atoms with Crippen LogP contribution in [0.1, 0.15) is 26.4 Å². The Labute approximate surface area is 127 Å². The van der Waals surface area contributed by atoms with Crippen LogP contribution in [0.25, 0.3) is 0 Å². The van der Waals surface area contributed by atoms with Crippen LogP contribution in [0, 0.1) is 20.8 Å². The minimum Gasteiger partial charge on any atom is -0.451 e. The number of aryl methyl sites for hydroxylation is 3. The SMILES string of the molecule is Cc1ccc(NC(=O)COC(=O)c2sccc2C)c(C)c1. The van der Waals surface area contributed by atoms with Gasteiger partial charge in [0.1, 0.15) is 4.88 Å². The second-order valence-corrected chi connectivity index (χ2v) is 5.79. The van der Waals surface area contributed by atoms with Gasteiger partial charge < -0.3 is 10.1 Å². The van der Waals surface area contributed by atoms with Gasteiger partial charge in [0.05, 0.1) is 0 Å². The number of thiophene rings is 1. The molecule has 0 fully saturated rings. The Kier molecular flexibility index (Phi) is 4.75. The van der Waals surface area contributed by atoms with Gasteiger partial charge >= 0.3 is 5.97 Å². The fourth-order valence-corrected chi connectivity index (χ4v) is 2.74. The summed E-state index contributed by atoms with van der Waals surface area (Å²) in [4.78, 5) is 24.2. The van der Waals surface area contributed by atoms with Crippen molar-refractivity contribution in [2.45, 2.75) is 20.8 Å². The Balaban J connectivity index is 1.90. The summed E-state index contributed by atoms with van der Waals surface area (Å²) >= 11 is 1.31. The molecule has 110 valence electrons. The van der Waals surface area contributed by atoms with E-state index in [1.165, 1.54) is 11.3 Å². The zero-order valence-electron chi connectivity index (χ0n) is 12.2. The zero-order chi connectivity index (χ0) is 15.4. The van der Waals surface area contributed by atoms with Crippen LogP contribution in [0.5, 0.6) is 0 Å². The molecule has 0 atom stereocenters. The van der Waals surface area contributed by atoms with Gasteiger partial charge in [0.25, 0.3) is 5.91 Å². The number of esters is 1. The van der Waals surface area contributed by atoms with E-state index in [1.807, 2.05) is 50.4 Å². The first-order chi connectivity index (χ1) is 9.97. The molecular weight excluding hydrogens is 286 g/mol. The Morgan fingerprint density at radius 2 is 1.90 bits per heavy atom. The molecule has 0 aliphatic carbocycles. The van der Waals surface area contributed by atoms with Gasteiger partial charge in [-0.25, -0.2) is 4.79 Å². The molecule has 21 heavy (non-hydrogen) atoms. The lowest BCUT2D eigenvalue weighted by molar-refractivity contribution is -0.119. The molecule has 1 aromatic carbocycles. The molecule has 0 spiro atoms. The van der Waals surface area contributed by atoms with Crippen LogP contribution in [-0.2, 0) is 9.53 Å². The molecule has 0 saturated heterocycles. The van der Waals surface area contributed by atoms with Crippen molar-refractivity contribution in [2.24, 2.45) is 0 Å². The summed E-state index contributed by atoms with van der Waals surface area (Å²) < 4.78 is 5.02. The molecule has 2 aromatic rings. The third kappa shape index (κ3) is 3.92. The van der Waals surface area contributed by atoms with E-state index in [9.17, 15) is 9.59 Å². The molecule has 1 amide bonds. The highest BCUT2D eigenvalue weighted by atomic mass is 32.1. The number of rotatable bonds is 4. The fraction of sp³-hybridized carbons (Fsp3) is 0.250. The molecule has 5 heteroatoms. The number of nitrogens with one attached hydrogen (secondary N) is 1. The van der Waals surface area contributed by atoms with E-state index in [4.69, 9.17) is 4.74 Å². The van der Waals surface area contributed by atoms with Gasteiger partial charge in [-0.3, -0.25) is 4.79 Å². The largest absolute Gasteiger partial charge is 0.451 e. The summed E-state index contributed by atoms with van der Waals surface area (Å²) in [6.45, 7) is 5.46. The minimum atomic E-state index is -0.460. The summed E-state index contributed by atoms with van der Waals surface area (Å²) in [6.07, 6.45) is 0. The maximum absolute atomic E-state index is 11.8. The van der Waals surface area contributed by atoms with Gasteiger partial charge in [-0.15, -0.1) is 11.3 Å². The Morgan fingerprint density at radius 1 is 1.14 bits per heavy atom. The second-order valence-electron chi connectivity index (χ2n) is 4.88. The highest BCUT2D eigenvalue weighted by molar-refractivity contribution is 7.12. The average Bonchev–Trinajstić information content (AvgIpc) is 2.85. The van der Waals surface area contributed by atoms with Crippen LogP contribution >= 0.6 is 11.3 Å². The number of hydrogen-bond donors (Lipinski definition) is 1. The van der Waals surface area contributed by atoms with Crippen LogP contribution in [0.3, 0.4) is 0 Å². The standard InChI is InChI=1S/C16H17NO3S/c1-10-4-5-13(12(3)8-10)17-14(18)9-20-16(19)15-11(2)6-7-21-15/h4-8H,9H2,1-3H3,(H,17,18). The van der Waals surface area contributed by atoms with Crippen molar-refractivity contribution in [3.05, 3.63) is 51.2 Å². The van der Waals surface area contributed by atoms with Crippen molar-refractivity contribution in [3.8, 4) is 0 Å². The van der Waals surface area contributed by atoms with E-state index in [0.29, 0.717) is 4.88 Å². The van der Waals surface area contributed by atoms with Gasteiger partial charge in [0, 0.05) is 5.69 Å². The quantitative estimate of drug-likeness (QED) is 0.880. The molecule has 0 aliphatic heterocycles. The summed E-state index contributed by atoms with van der Waals surface area (Å²) in [6, 6.07) is 7.59. The number of carbonyl (C=O) groups excluding carboxylic acids is 2. The number of hydrogen-bond acceptors (Lipinski definition) is 4. The Morgan fingerprint density at radius 3 is 2.52 bits per heavy atom. The monoisotopic (exact) mass is 303 g/mol. The summed E-state index contributed by atoms with van der Waals surface area (Å²) in [5.74, 6) is -0.803. The maximum atomic E-state index is 11.8. The first-order valence-corrected chi connectivity index (χ1v) is 7.43. The molecule has 4 nitrogen and oxygen atoms in total. The van der Waals surface area contributed by atoms with Crippen molar-refractivity contribution in [1.82, 2.24) is 0 Å². The summed E-state index contributed by atoms with van der Waals surface area (Å²) in [5, 5.41) is 4.56. The lowest BCUT2D eigenvalue weighted by Crippen LogP contribution is -2.21. The molecule has 0 radical (unpaired) electrons. The first kappa shape index (κ1) is 15.3. The van der Waals surface area contributed by atoms with E-state index in [0.717, 1.165) is 22.4 Å². The van der Waals surface area contributed by atoms with E-state index in [-0.39, 0.29) is 12.5 Å². The number of amides is 1. The van der Waals surface area contributed by atoms with Crippen LogP contribution in [-0.4, -0.2) is 18.5 Å². The molecule has 0 aliphatic rings. The van der Waals surface area contributed by atoms with E-state index in [2.05, 4.69) is 5.32 Å². The summed E-state index contributed by atoms with van der Waals surface area (Å²) in [7, 11) is 0. The molecule has 2 rings (SSSR count). The van der Waals surface area contributed by atoms with Gasteiger partial charge in [-0.2, -0.15) is 0 Å². The molecule has 1 N–H and O–H groups in total. The van der Waals surface area contributed by atoms with Gasteiger partial charge in [-0.1, -0.05) is 17.7 Å². The van der Waals surface area contributed by atoms with E-state index >= 15 is 0 Å². The van der Waals surface area contributed by atoms with Crippen LogP contribution < -0.4 is 5.32 Å². The predicted octanol–water partition coefficient (Wildman–Crippen LogP) is 3.47. The lowest BCUT2D eigenvalue weighted by atomic mass is 10.1. The van der Waals surface area contributed by atoms with Crippen LogP contribution in [0.4, 0.5) is 5.69 Å². The highest BCUT2D eigenvalue weighted by Gasteiger charge is 2.14. The van der Waals surface area contributed by atoms with Crippen LogP contribution in [0.2, 0.25) is 0 Å². The molecule has 0 unspecified atom stereocenters. The van der Waals surface area contributed by atoms with Crippen molar-refractivity contribution < 1.29 is 14.3 Å². The van der Waals surface area contributed by atoms with Gasteiger partial charge in [0.2, 0.25) is 0 Å². The molecule has 0 saturated carbocycles. The highest BCUT2D eigenvalue weighted by Crippen LogP contribution is 2.17. The molecule has 1 aromatic heterocycles. The average molecular weight is 303 g/mol. The molecule has 1 heterocycles. The number of carbonyl (C=O) groups is 2. The Hall–Kier alpha value is -2.14. The fourth-order valence-electron chi connectivity index (χ4n) is 1.92. The maximum Gasteiger partial charge on any atom is 0.349 e. The van der Waals surface area contributed by atoms with E-state index < -0.39 is 5.97 Å². The summed E-state index contributed by atoms with van der Waals surface area (Å²) in [5.41, 5.74) is 3.70. The number of ether oxygens (including phenoxy) is 1. The molecular formula is C16H17NO3S. The topological polar surface area (TPSA) is 55.4 Å². The smallest absolute Gasteiger partial charge is 0.349 e. The van der Waals surface area contributed by atoms with Crippen molar-refractivity contribution in [3.63, 3.8) is 0 Å². The third-order valence-electron chi connectivity index (χ3n) is 3.04. The normalized spacial score (nSPS) is 10.2. The molecule has 0 bridgehead atoms. The lowest BCUT2D eigenvalue weighted by Gasteiger charge is -2.09. The predicted molar refractivity (Wildman–Crippen MR) is 83.9 cm³/mol. The van der Waals surface area contributed by atoms with E-state index in [1.54, 1.807) is 0 Å². The zero-order valence-corrected chi connectivity index (χ0v) is 13.0. The van der Waals surface area contributed by atoms with Gasteiger partial charge in [0.15, 0.2) is 6.61 Å². The number of anilines is 1. The van der Waals surface area contributed by atoms with Crippen molar-refractivity contribution in [2.75, 3.05) is 11.9 Å². The van der Waals surface area contributed by atoms with Gasteiger partial charge in [-0.05, 0) is 49.4 Å². The third-order valence-corrected chi connectivity index (χ3v) is 4.03. The first-order valence-electron chi connectivity index (χ1n) is 6.55.